The fourth-order valence-corrected chi connectivity index (χ4v) is 6.39. The lowest BCUT2D eigenvalue weighted by atomic mass is 10.1. The van der Waals surface area contributed by atoms with Crippen molar-refractivity contribution >= 4 is 16.5 Å². The third-order valence-electron chi connectivity index (χ3n) is 8.56. The second kappa shape index (κ2) is 12.9. The summed E-state index contributed by atoms with van der Waals surface area (Å²) in [6, 6.07) is 17.8. The fraction of sp³-hybridized carbons (Fsp3) is 0.429. The van der Waals surface area contributed by atoms with Crippen LogP contribution in [0.25, 0.3) is 16.5 Å². The number of benzene rings is 2. The number of ether oxygens (including phenoxy) is 2. The highest BCUT2D eigenvalue weighted by Crippen LogP contribution is 2.31. The first-order valence-electron chi connectivity index (χ1n) is 15.2. The van der Waals surface area contributed by atoms with E-state index in [0.717, 1.165) is 50.6 Å². The summed E-state index contributed by atoms with van der Waals surface area (Å²) < 4.78 is 14.5. The molecule has 2 aliphatic heterocycles. The summed E-state index contributed by atoms with van der Waals surface area (Å²) in [5.74, 6) is 1.97. The first-order valence-corrected chi connectivity index (χ1v) is 15.2. The lowest BCUT2D eigenvalue weighted by Crippen LogP contribution is -2.21. The van der Waals surface area contributed by atoms with Gasteiger partial charge in [-0.15, -0.1) is 0 Å². The Bertz CT molecular complexity index is 1390. The molecule has 0 saturated carbocycles. The summed E-state index contributed by atoms with van der Waals surface area (Å²) >= 11 is 0. The molecule has 2 aromatic carbocycles. The molecule has 5 heteroatoms. The minimum absolute atomic E-state index is 0.776. The summed E-state index contributed by atoms with van der Waals surface area (Å²) in [4.78, 5) is 5.08. The van der Waals surface area contributed by atoms with Gasteiger partial charge in [-0.25, -0.2) is 0 Å². The zero-order valence-corrected chi connectivity index (χ0v) is 24.0. The average Bonchev–Trinajstić information content (AvgIpc) is 3.73. The Morgan fingerprint density at radius 1 is 0.800 bits per heavy atom. The number of allylic oxidation sites excluding steroid dienone is 5. The highest BCUT2D eigenvalue weighted by Gasteiger charge is 2.17. The van der Waals surface area contributed by atoms with E-state index in [1.54, 1.807) is 7.11 Å². The molecular formula is C35H43N3O2. The predicted molar refractivity (Wildman–Crippen MR) is 165 cm³/mol. The third-order valence-corrected chi connectivity index (χ3v) is 8.56. The van der Waals surface area contributed by atoms with Crippen molar-refractivity contribution in [2.75, 3.05) is 46.4 Å². The number of fused-ring (bicyclic) bond motifs is 1. The van der Waals surface area contributed by atoms with Crippen molar-refractivity contribution in [3.8, 4) is 5.75 Å². The summed E-state index contributed by atoms with van der Waals surface area (Å²) in [6.45, 7) is 8.55. The van der Waals surface area contributed by atoms with Gasteiger partial charge in [0.1, 0.15) is 11.5 Å². The maximum atomic E-state index is 6.17. The Balaban J connectivity index is 1.18. The zero-order chi connectivity index (χ0) is 27.1. The van der Waals surface area contributed by atoms with Gasteiger partial charge in [-0.2, -0.15) is 0 Å². The molecule has 3 heterocycles. The van der Waals surface area contributed by atoms with Gasteiger partial charge in [-0.1, -0.05) is 36.4 Å². The predicted octanol–water partition coefficient (Wildman–Crippen LogP) is 7.02. The second-order valence-electron chi connectivity index (χ2n) is 11.4. The van der Waals surface area contributed by atoms with Gasteiger partial charge in [0.2, 0.25) is 0 Å². The van der Waals surface area contributed by atoms with Crippen LogP contribution < -0.4 is 4.74 Å². The number of hydrogen-bond donors (Lipinski definition) is 0. The molecule has 0 bridgehead atoms. The van der Waals surface area contributed by atoms with Gasteiger partial charge in [0.25, 0.3) is 0 Å². The summed E-state index contributed by atoms with van der Waals surface area (Å²) in [5.41, 5.74) is 6.26. The first kappa shape index (κ1) is 26.9. The Kier molecular flexibility index (Phi) is 8.70. The monoisotopic (exact) mass is 537 g/mol. The van der Waals surface area contributed by atoms with E-state index in [-0.39, 0.29) is 0 Å². The van der Waals surface area contributed by atoms with Crippen LogP contribution in [-0.2, 0) is 17.8 Å². The van der Waals surface area contributed by atoms with Crippen LogP contribution in [0.2, 0.25) is 0 Å². The largest absolute Gasteiger partial charge is 0.496 e. The molecular weight excluding hydrogens is 494 g/mol. The number of rotatable bonds is 11. The molecule has 1 aliphatic carbocycles. The van der Waals surface area contributed by atoms with Gasteiger partial charge in [0.15, 0.2) is 0 Å². The molecule has 2 saturated heterocycles. The van der Waals surface area contributed by atoms with Crippen molar-refractivity contribution in [1.82, 2.24) is 14.4 Å². The zero-order valence-electron chi connectivity index (χ0n) is 24.0. The smallest absolute Gasteiger partial charge is 0.123 e. The van der Waals surface area contributed by atoms with Crippen LogP contribution in [0.15, 0.2) is 78.6 Å². The van der Waals surface area contributed by atoms with Gasteiger partial charge in [0, 0.05) is 41.8 Å². The summed E-state index contributed by atoms with van der Waals surface area (Å²) in [7, 11) is 1.79. The van der Waals surface area contributed by atoms with Crippen molar-refractivity contribution in [1.29, 1.82) is 0 Å². The van der Waals surface area contributed by atoms with E-state index < -0.39 is 0 Å². The SMILES string of the molecule is COc1cc(Cn2c(C3=CCC=C(OCCCN4CCCC4)C=C3)cc3ccccc32)ccc1CN1CCCC1. The van der Waals surface area contributed by atoms with Crippen molar-refractivity contribution < 1.29 is 9.47 Å². The molecule has 5 nitrogen and oxygen atoms in total. The third kappa shape index (κ3) is 6.37. The molecule has 1 aromatic heterocycles. The summed E-state index contributed by atoms with van der Waals surface area (Å²) in [6.07, 6.45) is 16.1. The minimum atomic E-state index is 0.776. The molecule has 0 unspecified atom stereocenters. The molecule has 3 aromatic rings. The van der Waals surface area contributed by atoms with Crippen LogP contribution in [0, 0.1) is 0 Å². The Morgan fingerprint density at radius 2 is 1.60 bits per heavy atom. The van der Waals surface area contributed by atoms with Crippen LogP contribution in [0.5, 0.6) is 5.75 Å². The van der Waals surface area contributed by atoms with E-state index in [1.807, 2.05) is 0 Å². The first-order chi connectivity index (χ1) is 19.8. The Labute approximate surface area is 239 Å². The van der Waals surface area contributed by atoms with Crippen LogP contribution in [0.4, 0.5) is 0 Å². The maximum Gasteiger partial charge on any atom is 0.123 e. The minimum Gasteiger partial charge on any atom is -0.496 e. The summed E-state index contributed by atoms with van der Waals surface area (Å²) in [5, 5.41) is 1.26. The van der Waals surface area contributed by atoms with E-state index in [9.17, 15) is 0 Å². The van der Waals surface area contributed by atoms with E-state index in [4.69, 9.17) is 9.47 Å². The molecule has 40 heavy (non-hydrogen) atoms. The van der Waals surface area contributed by atoms with Gasteiger partial charge in [0.05, 0.1) is 13.7 Å². The van der Waals surface area contributed by atoms with Gasteiger partial charge in [-0.3, -0.25) is 4.90 Å². The van der Waals surface area contributed by atoms with E-state index >= 15 is 0 Å². The fourth-order valence-electron chi connectivity index (χ4n) is 6.39. The standard InChI is InChI=1S/C35H43N3O2/c1-39-35-24-28(14-15-31(35)27-37-20-6-7-21-37)26-38-33-13-3-2-10-30(33)25-34(38)29-11-8-12-32(17-16-29)40-23-9-22-36-18-4-5-19-36/h2-3,10-17,24-25H,4-9,18-23,26-27H2,1H3. The van der Waals surface area contributed by atoms with Gasteiger partial charge in [-0.05, 0) is 112 Å². The van der Waals surface area contributed by atoms with E-state index in [1.165, 1.54) is 85.2 Å². The molecule has 3 aliphatic rings. The molecule has 0 atom stereocenters. The maximum absolute atomic E-state index is 6.17. The quantitative estimate of drug-likeness (QED) is 0.246. The van der Waals surface area contributed by atoms with Crippen molar-refractivity contribution in [3.63, 3.8) is 0 Å². The Morgan fingerprint density at radius 3 is 2.42 bits per heavy atom. The van der Waals surface area contributed by atoms with Crippen LogP contribution in [-0.4, -0.2) is 60.8 Å². The second-order valence-corrected chi connectivity index (χ2v) is 11.4. The molecule has 0 N–H and O–H groups in total. The molecule has 0 spiro atoms. The highest BCUT2D eigenvalue weighted by molar-refractivity contribution is 5.88. The molecule has 210 valence electrons. The average molecular weight is 538 g/mol. The number of hydrogen-bond acceptors (Lipinski definition) is 4. The molecule has 2 fully saturated rings. The normalized spacial score (nSPS) is 18.2. The number of methoxy groups -OCH3 is 1. The lowest BCUT2D eigenvalue weighted by molar-refractivity contribution is 0.200. The molecule has 6 rings (SSSR count). The number of para-hydroxylation sites is 1. The molecule has 0 amide bonds. The van der Waals surface area contributed by atoms with Crippen molar-refractivity contribution in [2.24, 2.45) is 0 Å². The van der Waals surface area contributed by atoms with Gasteiger partial charge < -0.3 is 18.9 Å². The van der Waals surface area contributed by atoms with Crippen LogP contribution in [0.3, 0.4) is 0 Å². The Hall–Kier alpha value is -3.28. The van der Waals surface area contributed by atoms with E-state index in [2.05, 4.69) is 87.2 Å². The lowest BCUT2D eigenvalue weighted by Gasteiger charge is -2.18. The number of nitrogens with zero attached hydrogens (tertiary/aromatic N) is 3. The molecule has 0 radical (unpaired) electrons. The van der Waals surface area contributed by atoms with Gasteiger partial charge >= 0.3 is 0 Å². The topological polar surface area (TPSA) is 29.9 Å². The number of aromatic nitrogens is 1. The van der Waals surface area contributed by atoms with E-state index in [0.29, 0.717) is 0 Å². The van der Waals surface area contributed by atoms with Crippen LogP contribution in [0.1, 0.15) is 55.3 Å². The van der Waals surface area contributed by atoms with Crippen molar-refractivity contribution in [2.45, 2.75) is 51.6 Å². The number of likely N-dealkylation sites (tertiary alicyclic amines) is 2. The van der Waals surface area contributed by atoms with Crippen LogP contribution >= 0.6 is 0 Å². The highest BCUT2D eigenvalue weighted by atomic mass is 16.5. The van der Waals surface area contributed by atoms with Crippen molar-refractivity contribution in [3.05, 3.63) is 95.4 Å².